The van der Waals surface area contributed by atoms with E-state index in [1.165, 1.54) is 4.90 Å². The van der Waals surface area contributed by atoms with Crippen LogP contribution in [0.5, 0.6) is 0 Å². The fourth-order valence-corrected chi connectivity index (χ4v) is 2.27. The molecule has 2 heterocycles. The Morgan fingerprint density at radius 1 is 1.61 bits per heavy atom. The third kappa shape index (κ3) is 2.69. The fraction of sp³-hybridized carbons (Fsp3) is 0.500. The number of hydroxylamine groups is 2. The van der Waals surface area contributed by atoms with Crippen LogP contribution < -0.4 is 0 Å². The average molecular weight is 282 g/mol. The number of hydrogen-bond donors (Lipinski definition) is 1. The van der Waals surface area contributed by atoms with Gasteiger partial charge in [0.2, 0.25) is 0 Å². The van der Waals surface area contributed by atoms with Crippen molar-refractivity contribution >= 4 is 46.0 Å². The summed E-state index contributed by atoms with van der Waals surface area (Å²) in [5.41, 5.74) is 0.641. The van der Waals surface area contributed by atoms with Crippen LogP contribution in [0.25, 0.3) is 0 Å². The second kappa shape index (κ2) is 5.16. The average Bonchev–Trinajstić information content (AvgIpc) is 2.48. The number of nitriles is 1. The third-order valence-corrected chi connectivity index (χ3v) is 3.02. The molecule has 2 rings (SSSR count). The first-order valence-corrected chi connectivity index (χ1v) is 6.05. The van der Waals surface area contributed by atoms with Gasteiger partial charge in [-0.1, -0.05) is 0 Å². The van der Waals surface area contributed by atoms with Crippen LogP contribution in [0.2, 0.25) is 0 Å². The van der Waals surface area contributed by atoms with Crippen molar-refractivity contribution in [2.45, 2.75) is 19.0 Å². The monoisotopic (exact) mass is 282 g/mol. The zero-order valence-electron chi connectivity index (χ0n) is 9.77. The van der Waals surface area contributed by atoms with Crippen molar-refractivity contribution in [3.05, 3.63) is 11.6 Å². The van der Waals surface area contributed by atoms with E-state index in [4.69, 9.17) is 9.81 Å². The standard InChI is InChI=1S/C8H9N3O5S.Na/c1-5-2-6(3-9)10-4-7(5)11(8(10)12)16-17(13,14)15;/h2,6-7H,4H2,1H3,(H,13,14,15);/t6-,7-;/m0./s1. The fourth-order valence-electron chi connectivity index (χ4n) is 1.90. The van der Waals surface area contributed by atoms with Crippen LogP contribution in [-0.4, -0.2) is 77.2 Å². The molecule has 1 saturated heterocycles. The number of amides is 2. The van der Waals surface area contributed by atoms with Crippen molar-refractivity contribution in [3.63, 3.8) is 0 Å². The molecular weight excluding hydrogens is 273 g/mol. The predicted octanol–water partition coefficient (Wildman–Crippen LogP) is -0.702. The van der Waals surface area contributed by atoms with Crippen molar-refractivity contribution in [1.29, 1.82) is 5.26 Å². The van der Waals surface area contributed by atoms with Gasteiger partial charge >= 0.3 is 16.4 Å². The minimum absolute atomic E-state index is 0. The molecule has 8 nitrogen and oxygen atoms in total. The molecule has 0 aromatic carbocycles. The molecule has 2 atom stereocenters. The molecule has 0 spiro atoms. The molecule has 18 heavy (non-hydrogen) atoms. The summed E-state index contributed by atoms with van der Waals surface area (Å²) in [5, 5.41) is 9.42. The van der Waals surface area contributed by atoms with E-state index in [-0.39, 0.29) is 36.1 Å². The summed E-state index contributed by atoms with van der Waals surface area (Å²) in [5.74, 6) is 0. The molecule has 1 N–H and O–H groups in total. The van der Waals surface area contributed by atoms with E-state index < -0.39 is 28.5 Å². The second-order valence-electron chi connectivity index (χ2n) is 3.76. The molecule has 1 radical (unpaired) electrons. The van der Waals surface area contributed by atoms with E-state index in [9.17, 15) is 13.2 Å². The SMILES string of the molecule is CC1=C[C@@H](C#N)N2C[C@@H]1N(OS(=O)(=O)O)C2=O.[Na]. The Morgan fingerprint density at radius 3 is 2.72 bits per heavy atom. The summed E-state index contributed by atoms with van der Waals surface area (Å²) >= 11 is 0. The van der Waals surface area contributed by atoms with Crippen LogP contribution in [-0.2, 0) is 14.7 Å². The predicted molar refractivity (Wildman–Crippen MR) is 59.3 cm³/mol. The Bertz CT molecular complexity index is 539. The maximum absolute atomic E-state index is 11.7. The van der Waals surface area contributed by atoms with Gasteiger partial charge in [-0.25, -0.2) is 4.79 Å². The van der Waals surface area contributed by atoms with Crippen molar-refractivity contribution in [2.75, 3.05) is 6.54 Å². The van der Waals surface area contributed by atoms with E-state index in [1.807, 2.05) is 6.07 Å². The van der Waals surface area contributed by atoms with Gasteiger partial charge in [0.1, 0.15) is 12.1 Å². The molecule has 10 heteroatoms. The van der Waals surface area contributed by atoms with Crippen molar-refractivity contribution in [1.82, 2.24) is 9.96 Å². The Morgan fingerprint density at radius 2 is 2.22 bits per heavy atom. The molecule has 0 unspecified atom stereocenters. The number of carbonyl (C=O) groups is 1. The van der Waals surface area contributed by atoms with Gasteiger partial charge < -0.3 is 4.90 Å². The summed E-state index contributed by atoms with van der Waals surface area (Å²) in [6.45, 7) is 1.82. The van der Waals surface area contributed by atoms with Gasteiger partial charge in [-0.05, 0) is 18.6 Å². The molecular formula is C8H9N3NaO5S. The van der Waals surface area contributed by atoms with Crippen molar-refractivity contribution in [3.8, 4) is 6.07 Å². The smallest absolute Gasteiger partial charge is 0.301 e. The van der Waals surface area contributed by atoms with Gasteiger partial charge in [0.15, 0.2) is 0 Å². The molecule has 0 aromatic rings. The largest absolute Gasteiger partial charge is 0.418 e. The Balaban J connectivity index is 0.00000162. The van der Waals surface area contributed by atoms with E-state index >= 15 is 0 Å². The Labute approximate surface area is 126 Å². The first-order valence-electron chi connectivity index (χ1n) is 4.68. The summed E-state index contributed by atoms with van der Waals surface area (Å²) in [6.07, 6.45) is 1.55. The third-order valence-electron chi connectivity index (χ3n) is 2.68. The maximum Gasteiger partial charge on any atom is 0.418 e. The van der Waals surface area contributed by atoms with Gasteiger partial charge in [0.25, 0.3) is 0 Å². The number of carbonyl (C=O) groups excluding carboxylic acids is 1. The summed E-state index contributed by atoms with van der Waals surface area (Å²) < 4.78 is 34.0. The van der Waals surface area contributed by atoms with E-state index in [0.29, 0.717) is 10.6 Å². The summed E-state index contributed by atoms with van der Waals surface area (Å²) in [7, 11) is -4.76. The summed E-state index contributed by atoms with van der Waals surface area (Å²) in [6, 6.07) is -0.191. The number of nitrogens with zero attached hydrogens (tertiary/aromatic N) is 3. The molecule has 1 fully saturated rings. The van der Waals surface area contributed by atoms with Gasteiger partial charge in [-0.2, -0.15) is 18.7 Å². The zero-order chi connectivity index (χ0) is 12.8. The van der Waals surface area contributed by atoms with Crippen LogP contribution in [0.4, 0.5) is 4.79 Å². The molecule has 0 aromatic heterocycles. The van der Waals surface area contributed by atoms with Crippen LogP contribution in [0, 0.1) is 11.3 Å². The van der Waals surface area contributed by atoms with Crippen molar-refractivity contribution in [2.24, 2.45) is 0 Å². The van der Waals surface area contributed by atoms with Crippen LogP contribution in [0.3, 0.4) is 0 Å². The zero-order valence-corrected chi connectivity index (χ0v) is 12.6. The maximum atomic E-state index is 11.7. The van der Waals surface area contributed by atoms with Gasteiger partial charge in [-0.3, -0.25) is 4.55 Å². The minimum Gasteiger partial charge on any atom is -0.301 e. The number of hydrogen-bond acceptors (Lipinski definition) is 5. The quantitative estimate of drug-likeness (QED) is 0.407. The molecule has 2 bridgehead atoms. The first-order chi connectivity index (χ1) is 7.83. The van der Waals surface area contributed by atoms with Crippen LogP contribution >= 0.6 is 0 Å². The topological polar surface area (TPSA) is 111 Å². The second-order valence-corrected chi connectivity index (χ2v) is 4.77. The molecule has 2 aliphatic rings. The van der Waals surface area contributed by atoms with Crippen LogP contribution in [0.1, 0.15) is 6.92 Å². The molecule has 2 aliphatic heterocycles. The molecule has 2 amide bonds. The Kier molecular flexibility index (Phi) is 4.42. The number of rotatable bonds is 2. The normalized spacial score (nSPS) is 26.5. The Hall–Kier alpha value is -0.630. The minimum atomic E-state index is -4.76. The van der Waals surface area contributed by atoms with Gasteiger partial charge in [0.05, 0.1) is 12.6 Å². The van der Waals surface area contributed by atoms with E-state index in [0.717, 1.165) is 0 Å². The number of fused-ring (bicyclic) bond motifs is 2. The van der Waals surface area contributed by atoms with Crippen LogP contribution in [0.15, 0.2) is 11.6 Å². The first kappa shape index (κ1) is 15.4. The van der Waals surface area contributed by atoms with Gasteiger partial charge in [-0.15, -0.1) is 4.28 Å². The molecule has 0 saturated carbocycles. The number of urea groups is 1. The van der Waals surface area contributed by atoms with Crippen molar-refractivity contribution < 1.29 is 22.0 Å². The van der Waals surface area contributed by atoms with Gasteiger partial charge in [0, 0.05) is 29.6 Å². The van der Waals surface area contributed by atoms with E-state index in [1.54, 1.807) is 13.0 Å². The molecule has 0 aliphatic carbocycles. The van der Waals surface area contributed by atoms with E-state index in [2.05, 4.69) is 4.28 Å². The summed E-state index contributed by atoms with van der Waals surface area (Å²) in [4.78, 5) is 12.9. The molecule has 93 valence electrons.